The van der Waals surface area contributed by atoms with E-state index in [0.29, 0.717) is 6.61 Å². The molecule has 1 aliphatic rings. The van der Waals surface area contributed by atoms with Crippen molar-refractivity contribution in [3.8, 4) is 0 Å². The number of benzene rings is 1. The zero-order valence-electron chi connectivity index (χ0n) is 8.47. The Hall–Kier alpha value is -1.55. The summed E-state index contributed by atoms with van der Waals surface area (Å²) in [7, 11) is 1.63. The van der Waals surface area contributed by atoms with Crippen molar-refractivity contribution >= 4 is 6.09 Å². The van der Waals surface area contributed by atoms with Gasteiger partial charge in [-0.05, 0) is 5.56 Å². The van der Waals surface area contributed by atoms with E-state index in [1.807, 2.05) is 30.3 Å². The summed E-state index contributed by atoms with van der Waals surface area (Å²) in [6.07, 6.45) is -0.532. The molecule has 1 heterocycles. The number of alkyl carbamates (subject to hydrolysis) is 1. The predicted molar refractivity (Wildman–Crippen MR) is 54.5 cm³/mol. The zero-order chi connectivity index (χ0) is 10.7. The standard InChI is InChI=1S/C11H13NO3/c1-14-10(8-5-3-2-4-6-8)9-7-15-11(13)12-9/h2-6,9-10H,7H2,1H3,(H,12,13)/t9-,10+/m1/s1. The summed E-state index contributed by atoms with van der Waals surface area (Å²) in [5, 5.41) is 2.72. The highest BCUT2D eigenvalue weighted by atomic mass is 16.6. The monoisotopic (exact) mass is 207 g/mol. The molecular weight excluding hydrogens is 194 g/mol. The lowest BCUT2D eigenvalue weighted by molar-refractivity contribution is 0.0692. The molecule has 1 fully saturated rings. The van der Waals surface area contributed by atoms with E-state index in [4.69, 9.17) is 9.47 Å². The van der Waals surface area contributed by atoms with Gasteiger partial charge < -0.3 is 14.8 Å². The van der Waals surface area contributed by atoms with E-state index in [0.717, 1.165) is 5.56 Å². The van der Waals surface area contributed by atoms with Crippen LogP contribution in [0.15, 0.2) is 30.3 Å². The number of methoxy groups -OCH3 is 1. The number of hydrogen-bond donors (Lipinski definition) is 1. The maximum Gasteiger partial charge on any atom is 0.407 e. The van der Waals surface area contributed by atoms with E-state index in [-0.39, 0.29) is 18.2 Å². The maximum absolute atomic E-state index is 10.9. The van der Waals surface area contributed by atoms with Gasteiger partial charge in [0.05, 0.1) is 6.04 Å². The zero-order valence-corrected chi connectivity index (χ0v) is 8.47. The third-order valence-electron chi connectivity index (χ3n) is 2.44. The van der Waals surface area contributed by atoms with Gasteiger partial charge in [0.25, 0.3) is 0 Å². The van der Waals surface area contributed by atoms with Crippen molar-refractivity contribution in [2.24, 2.45) is 0 Å². The molecule has 0 saturated carbocycles. The summed E-state index contributed by atoms with van der Waals surface area (Å²) < 4.78 is 10.2. The summed E-state index contributed by atoms with van der Waals surface area (Å²) >= 11 is 0. The molecule has 2 rings (SSSR count). The third kappa shape index (κ3) is 2.10. The van der Waals surface area contributed by atoms with Crippen molar-refractivity contribution in [3.05, 3.63) is 35.9 Å². The molecule has 1 N–H and O–H groups in total. The largest absolute Gasteiger partial charge is 0.447 e. The van der Waals surface area contributed by atoms with Gasteiger partial charge in [0.1, 0.15) is 12.7 Å². The number of carbonyl (C=O) groups is 1. The first-order valence-corrected chi connectivity index (χ1v) is 4.82. The summed E-state index contributed by atoms with van der Waals surface area (Å²) in [5.41, 5.74) is 1.04. The normalized spacial score (nSPS) is 21.9. The molecule has 1 aliphatic heterocycles. The van der Waals surface area contributed by atoms with Crippen LogP contribution >= 0.6 is 0 Å². The number of nitrogens with one attached hydrogen (secondary N) is 1. The molecular formula is C11H13NO3. The van der Waals surface area contributed by atoms with Gasteiger partial charge >= 0.3 is 6.09 Å². The van der Waals surface area contributed by atoms with Crippen LogP contribution in [-0.2, 0) is 9.47 Å². The molecule has 1 aromatic rings. The number of carbonyl (C=O) groups excluding carboxylic acids is 1. The Kier molecular flexibility index (Phi) is 2.87. The van der Waals surface area contributed by atoms with Crippen molar-refractivity contribution in [3.63, 3.8) is 0 Å². The molecule has 4 heteroatoms. The Bertz CT molecular complexity index is 339. The first kappa shape index (κ1) is 9.98. The van der Waals surface area contributed by atoms with E-state index >= 15 is 0 Å². The minimum atomic E-state index is -0.377. The van der Waals surface area contributed by atoms with Crippen molar-refractivity contribution in [1.82, 2.24) is 5.32 Å². The van der Waals surface area contributed by atoms with Crippen molar-refractivity contribution in [2.75, 3.05) is 13.7 Å². The minimum absolute atomic E-state index is 0.107. The van der Waals surface area contributed by atoms with Crippen molar-refractivity contribution in [1.29, 1.82) is 0 Å². The SMILES string of the molecule is CO[C@@H](c1ccccc1)[C@H]1COC(=O)N1. The Morgan fingerprint density at radius 3 is 2.73 bits per heavy atom. The fourth-order valence-electron chi connectivity index (χ4n) is 1.74. The Morgan fingerprint density at radius 1 is 1.47 bits per heavy atom. The number of hydrogen-bond acceptors (Lipinski definition) is 3. The second-order valence-corrected chi connectivity index (χ2v) is 3.42. The molecule has 0 unspecified atom stereocenters. The van der Waals surface area contributed by atoms with Crippen LogP contribution in [0.5, 0.6) is 0 Å². The van der Waals surface area contributed by atoms with Crippen molar-refractivity contribution in [2.45, 2.75) is 12.1 Å². The molecule has 1 saturated heterocycles. The third-order valence-corrected chi connectivity index (χ3v) is 2.44. The van der Waals surface area contributed by atoms with Gasteiger partial charge in [0.15, 0.2) is 0 Å². The quantitative estimate of drug-likeness (QED) is 0.816. The van der Waals surface area contributed by atoms with E-state index in [2.05, 4.69) is 5.32 Å². The van der Waals surface area contributed by atoms with Crippen LogP contribution in [0.2, 0.25) is 0 Å². The van der Waals surface area contributed by atoms with Crippen LogP contribution in [0.4, 0.5) is 4.79 Å². The van der Waals surface area contributed by atoms with Gasteiger partial charge in [-0.2, -0.15) is 0 Å². The molecule has 1 amide bonds. The first-order chi connectivity index (χ1) is 7.31. The topological polar surface area (TPSA) is 47.6 Å². The smallest absolute Gasteiger partial charge is 0.407 e. The van der Waals surface area contributed by atoms with Gasteiger partial charge in [-0.1, -0.05) is 30.3 Å². The second-order valence-electron chi connectivity index (χ2n) is 3.42. The molecule has 2 atom stereocenters. The summed E-state index contributed by atoms with van der Waals surface area (Å²) in [6.45, 7) is 0.353. The Morgan fingerprint density at radius 2 is 2.20 bits per heavy atom. The Labute approximate surface area is 88.2 Å². The molecule has 0 spiro atoms. The van der Waals surface area contributed by atoms with Crippen LogP contribution in [0.1, 0.15) is 11.7 Å². The van der Waals surface area contributed by atoms with E-state index in [9.17, 15) is 4.79 Å². The predicted octanol–water partition coefficient (Wildman–Crippen LogP) is 1.48. The Balaban J connectivity index is 2.14. The fourth-order valence-corrected chi connectivity index (χ4v) is 1.74. The molecule has 0 bridgehead atoms. The summed E-state index contributed by atoms with van der Waals surface area (Å²) in [4.78, 5) is 10.9. The fraction of sp³-hybridized carbons (Fsp3) is 0.364. The average Bonchev–Trinajstić information content (AvgIpc) is 2.68. The number of ether oxygens (including phenoxy) is 2. The van der Waals surface area contributed by atoms with Gasteiger partial charge in [-0.25, -0.2) is 4.79 Å². The highest BCUT2D eigenvalue weighted by Gasteiger charge is 2.31. The van der Waals surface area contributed by atoms with Crippen LogP contribution in [0.3, 0.4) is 0 Å². The highest BCUT2D eigenvalue weighted by molar-refractivity contribution is 5.69. The van der Waals surface area contributed by atoms with Crippen molar-refractivity contribution < 1.29 is 14.3 Å². The second kappa shape index (κ2) is 4.31. The number of amides is 1. The van der Waals surface area contributed by atoms with Crippen LogP contribution in [0, 0.1) is 0 Å². The van der Waals surface area contributed by atoms with E-state index in [1.54, 1.807) is 7.11 Å². The lowest BCUT2D eigenvalue weighted by Gasteiger charge is -2.20. The van der Waals surface area contributed by atoms with Gasteiger partial charge in [0, 0.05) is 7.11 Å². The first-order valence-electron chi connectivity index (χ1n) is 4.82. The molecule has 0 aromatic heterocycles. The van der Waals surface area contributed by atoms with E-state index in [1.165, 1.54) is 0 Å². The minimum Gasteiger partial charge on any atom is -0.447 e. The number of cyclic esters (lactones) is 1. The average molecular weight is 207 g/mol. The molecule has 4 nitrogen and oxygen atoms in total. The van der Waals surface area contributed by atoms with Crippen LogP contribution in [0.25, 0.3) is 0 Å². The lowest BCUT2D eigenvalue weighted by Crippen LogP contribution is -2.33. The van der Waals surface area contributed by atoms with E-state index < -0.39 is 0 Å². The van der Waals surface area contributed by atoms with Crippen LogP contribution < -0.4 is 5.32 Å². The molecule has 0 aliphatic carbocycles. The number of rotatable bonds is 3. The van der Waals surface area contributed by atoms with Gasteiger partial charge in [0.2, 0.25) is 0 Å². The maximum atomic E-state index is 10.9. The highest BCUT2D eigenvalue weighted by Crippen LogP contribution is 2.22. The lowest BCUT2D eigenvalue weighted by atomic mass is 10.0. The summed E-state index contributed by atoms with van der Waals surface area (Å²) in [5.74, 6) is 0. The summed E-state index contributed by atoms with van der Waals surface area (Å²) in [6, 6.07) is 9.67. The molecule has 15 heavy (non-hydrogen) atoms. The van der Waals surface area contributed by atoms with Gasteiger partial charge in [-0.3, -0.25) is 0 Å². The molecule has 0 radical (unpaired) electrons. The van der Waals surface area contributed by atoms with Crippen LogP contribution in [-0.4, -0.2) is 25.9 Å². The molecule has 1 aromatic carbocycles. The van der Waals surface area contributed by atoms with Gasteiger partial charge in [-0.15, -0.1) is 0 Å². The molecule has 80 valence electrons.